The third kappa shape index (κ3) is 1.74. The Morgan fingerprint density at radius 3 is 2.35 bits per heavy atom. The van der Waals surface area contributed by atoms with Crippen LogP contribution in [0.15, 0.2) is 65.1 Å². The first-order valence-corrected chi connectivity index (χ1v) is 7.53. The van der Waals surface area contributed by atoms with E-state index in [2.05, 4.69) is 83.5 Å². The van der Waals surface area contributed by atoms with E-state index in [1.165, 1.54) is 37.9 Å². The zero-order valence-corrected chi connectivity index (χ0v) is 12.7. The third-order valence-electron chi connectivity index (χ3n) is 4.05. The number of fused-ring (bicyclic) bond motifs is 3. The molecule has 0 bridgehead atoms. The van der Waals surface area contributed by atoms with Gasteiger partial charge in [0.25, 0.3) is 0 Å². The quantitative estimate of drug-likeness (QED) is 0.337. The maximum absolute atomic E-state index is 3.55. The van der Waals surface area contributed by atoms with E-state index in [0.29, 0.717) is 0 Å². The summed E-state index contributed by atoms with van der Waals surface area (Å²) in [5.74, 6) is 0. The minimum Gasteiger partial charge on any atom is -0.0616 e. The number of hydrogen-bond donors (Lipinski definition) is 0. The van der Waals surface area contributed by atoms with Gasteiger partial charge in [-0.2, -0.15) is 0 Å². The van der Waals surface area contributed by atoms with Gasteiger partial charge in [-0.1, -0.05) is 46.3 Å². The summed E-state index contributed by atoms with van der Waals surface area (Å²) in [7, 11) is 0. The van der Waals surface area contributed by atoms with Crippen molar-refractivity contribution < 1.29 is 0 Å². The molecule has 4 rings (SSSR count). The van der Waals surface area contributed by atoms with Crippen molar-refractivity contribution >= 4 is 48.2 Å². The van der Waals surface area contributed by atoms with Crippen LogP contribution < -0.4 is 0 Å². The van der Waals surface area contributed by atoms with Crippen LogP contribution >= 0.6 is 15.9 Å². The van der Waals surface area contributed by atoms with Gasteiger partial charge in [0.1, 0.15) is 0 Å². The first-order valence-electron chi connectivity index (χ1n) is 6.74. The zero-order valence-electron chi connectivity index (χ0n) is 11.2. The second-order valence-electron chi connectivity index (χ2n) is 5.29. The number of rotatable bonds is 0. The molecule has 0 fully saturated rings. The molecule has 0 nitrogen and oxygen atoms in total. The van der Waals surface area contributed by atoms with Crippen molar-refractivity contribution in [1.82, 2.24) is 0 Å². The molecule has 4 aromatic carbocycles. The van der Waals surface area contributed by atoms with Gasteiger partial charge < -0.3 is 0 Å². The summed E-state index contributed by atoms with van der Waals surface area (Å²) < 4.78 is 1.13. The summed E-state index contributed by atoms with van der Waals surface area (Å²) in [5, 5.41) is 7.88. The van der Waals surface area contributed by atoms with Crippen molar-refractivity contribution in [1.29, 1.82) is 0 Å². The molecule has 0 aliphatic heterocycles. The molecule has 1 heteroatoms. The highest BCUT2D eigenvalue weighted by Gasteiger charge is 2.05. The fourth-order valence-electron chi connectivity index (χ4n) is 3.01. The lowest BCUT2D eigenvalue weighted by molar-refractivity contribution is 1.59. The summed E-state index contributed by atoms with van der Waals surface area (Å²) in [6.45, 7) is 2.22. The van der Waals surface area contributed by atoms with Gasteiger partial charge in [0, 0.05) is 4.47 Å². The van der Waals surface area contributed by atoms with E-state index in [-0.39, 0.29) is 0 Å². The molecule has 0 N–H and O–H groups in total. The van der Waals surface area contributed by atoms with Gasteiger partial charge >= 0.3 is 0 Å². The lowest BCUT2D eigenvalue weighted by Gasteiger charge is -2.09. The third-order valence-corrected chi connectivity index (χ3v) is 4.54. The normalized spacial score (nSPS) is 11.5. The maximum Gasteiger partial charge on any atom is 0.0181 e. The lowest BCUT2D eigenvalue weighted by Crippen LogP contribution is -1.84. The summed E-state index contributed by atoms with van der Waals surface area (Å²) in [4.78, 5) is 0. The van der Waals surface area contributed by atoms with Crippen LogP contribution in [0.2, 0.25) is 0 Å². The van der Waals surface area contributed by atoms with Gasteiger partial charge in [-0.15, -0.1) is 0 Å². The monoisotopic (exact) mass is 320 g/mol. The first kappa shape index (κ1) is 11.9. The highest BCUT2D eigenvalue weighted by molar-refractivity contribution is 9.10. The van der Waals surface area contributed by atoms with Gasteiger partial charge in [-0.05, 0) is 75.1 Å². The molecule has 0 saturated heterocycles. The van der Waals surface area contributed by atoms with Gasteiger partial charge in [-0.25, -0.2) is 0 Å². The molecule has 96 valence electrons. The standard InChI is InChI=1S/C19H13Br/c1-12-18-5-3-2-4-14(18)8-16-9-15-10-17(20)7-6-13(15)11-19(12)16/h2-11H,1H3. The molecular formula is C19H13Br. The number of aryl methyl sites for hydroxylation is 1. The van der Waals surface area contributed by atoms with Crippen molar-refractivity contribution in [3.8, 4) is 0 Å². The molecule has 0 aliphatic rings. The second kappa shape index (κ2) is 4.32. The van der Waals surface area contributed by atoms with Crippen molar-refractivity contribution in [2.24, 2.45) is 0 Å². The topological polar surface area (TPSA) is 0 Å². The molecule has 0 aromatic heterocycles. The fraction of sp³-hybridized carbons (Fsp3) is 0.0526. The van der Waals surface area contributed by atoms with Gasteiger partial charge in [0.2, 0.25) is 0 Å². The summed E-state index contributed by atoms with van der Waals surface area (Å²) in [5.41, 5.74) is 1.36. The Kier molecular flexibility index (Phi) is 2.58. The van der Waals surface area contributed by atoms with E-state index in [1.807, 2.05) is 0 Å². The Morgan fingerprint density at radius 1 is 0.650 bits per heavy atom. The largest absolute Gasteiger partial charge is 0.0616 e. The molecule has 0 amide bonds. The van der Waals surface area contributed by atoms with Crippen LogP contribution in [-0.4, -0.2) is 0 Å². The molecule has 0 heterocycles. The molecule has 20 heavy (non-hydrogen) atoms. The SMILES string of the molecule is Cc1c2ccccc2cc2cc3cc(Br)ccc3cc12. The Labute approximate surface area is 126 Å². The highest BCUT2D eigenvalue weighted by Crippen LogP contribution is 2.31. The maximum atomic E-state index is 3.55. The molecule has 0 spiro atoms. The predicted octanol–water partition coefficient (Wildman–Crippen LogP) is 6.22. The van der Waals surface area contributed by atoms with E-state index in [9.17, 15) is 0 Å². The number of benzene rings is 4. The van der Waals surface area contributed by atoms with Crippen LogP contribution in [0.5, 0.6) is 0 Å². The van der Waals surface area contributed by atoms with E-state index in [0.717, 1.165) is 4.47 Å². The van der Waals surface area contributed by atoms with Crippen LogP contribution in [0.25, 0.3) is 32.3 Å². The van der Waals surface area contributed by atoms with E-state index in [4.69, 9.17) is 0 Å². The summed E-state index contributed by atoms with van der Waals surface area (Å²) >= 11 is 3.55. The Balaban J connectivity index is 2.22. The van der Waals surface area contributed by atoms with Crippen LogP contribution in [0, 0.1) is 6.92 Å². The zero-order chi connectivity index (χ0) is 13.7. The number of halogens is 1. The smallest absolute Gasteiger partial charge is 0.0181 e. The minimum atomic E-state index is 1.13. The molecule has 4 aromatic rings. The van der Waals surface area contributed by atoms with Crippen molar-refractivity contribution in [2.45, 2.75) is 6.92 Å². The minimum absolute atomic E-state index is 1.13. The van der Waals surface area contributed by atoms with E-state index < -0.39 is 0 Å². The highest BCUT2D eigenvalue weighted by atomic mass is 79.9. The van der Waals surface area contributed by atoms with Gasteiger partial charge in [-0.3, -0.25) is 0 Å². The summed E-state index contributed by atoms with van der Waals surface area (Å²) in [6, 6.07) is 21.9. The van der Waals surface area contributed by atoms with Crippen LogP contribution in [0.4, 0.5) is 0 Å². The first-order chi connectivity index (χ1) is 9.72. The molecule has 0 radical (unpaired) electrons. The molecule has 0 atom stereocenters. The van der Waals surface area contributed by atoms with Crippen LogP contribution in [0.3, 0.4) is 0 Å². The van der Waals surface area contributed by atoms with E-state index >= 15 is 0 Å². The van der Waals surface area contributed by atoms with Crippen molar-refractivity contribution in [2.75, 3.05) is 0 Å². The van der Waals surface area contributed by atoms with Crippen molar-refractivity contribution in [3.05, 3.63) is 70.7 Å². The average molecular weight is 321 g/mol. The predicted molar refractivity (Wildman–Crippen MR) is 91.4 cm³/mol. The Bertz CT molecular complexity index is 967. The van der Waals surface area contributed by atoms with Gasteiger partial charge in [0.05, 0.1) is 0 Å². The lowest BCUT2D eigenvalue weighted by atomic mass is 9.95. The average Bonchev–Trinajstić information content (AvgIpc) is 2.46. The molecule has 0 aliphatic carbocycles. The van der Waals surface area contributed by atoms with Crippen LogP contribution in [0.1, 0.15) is 5.56 Å². The molecular weight excluding hydrogens is 308 g/mol. The van der Waals surface area contributed by atoms with Gasteiger partial charge in [0.15, 0.2) is 0 Å². The Hall–Kier alpha value is -1.86. The fourth-order valence-corrected chi connectivity index (χ4v) is 3.39. The van der Waals surface area contributed by atoms with E-state index in [1.54, 1.807) is 0 Å². The Morgan fingerprint density at radius 2 is 1.45 bits per heavy atom. The molecule has 0 saturated carbocycles. The summed E-state index contributed by atoms with van der Waals surface area (Å²) in [6.07, 6.45) is 0. The second-order valence-corrected chi connectivity index (χ2v) is 6.20. The number of hydrogen-bond acceptors (Lipinski definition) is 0. The van der Waals surface area contributed by atoms with Crippen LogP contribution in [-0.2, 0) is 0 Å². The molecule has 0 unspecified atom stereocenters. The van der Waals surface area contributed by atoms with Crippen molar-refractivity contribution in [3.63, 3.8) is 0 Å².